The van der Waals surface area contributed by atoms with Crippen LogP contribution in [0.5, 0.6) is 0 Å². The van der Waals surface area contributed by atoms with Crippen LogP contribution in [0.1, 0.15) is 39.0 Å². The van der Waals surface area contributed by atoms with Gasteiger partial charge in [0.1, 0.15) is 0 Å². The lowest BCUT2D eigenvalue weighted by Crippen LogP contribution is -2.49. The van der Waals surface area contributed by atoms with Crippen molar-refractivity contribution in [3.8, 4) is 0 Å². The Bertz CT molecular complexity index is 256. The standard InChI is InChI=1S/C11H21N3O2/c1-3-4-7-10(15)12-13-11(16)9-6-5-8-14(9)2/h9H,3-8H2,1-2H3,(H,12,15)(H,13,16)/t9-/m0/s1. The zero-order chi connectivity index (χ0) is 12.0. The van der Waals surface area contributed by atoms with Gasteiger partial charge in [-0.05, 0) is 32.9 Å². The second-order valence-electron chi connectivity index (χ2n) is 4.28. The summed E-state index contributed by atoms with van der Waals surface area (Å²) in [7, 11) is 1.93. The van der Waals surface area contributed by atoms with Crippen molar-refractivity contribution >= 4 is 11.8 Å². The molecule has 0 radical (unpaired) electrons. The molecule has 0 aromatic rings. The Morgan fingerprint density at radius 2 is 2.12 bits per heavy atom. The van der Waals surface area contributed by atoms with Gasteiger partial charge < -0.3 is 0 Å². The number of amides is 2. The fourth-order valence-corrected chi connectivity index (χ4v) is 1.86. The highest BCUT2D eigenvalue weighted by molar-refractivity contribution is 5.85. The van der Waals surface area contributed by atoms with Crippen LogP contribution in [0, 0.1) is 0 Å². The molecule has 1 fully saturated rings. The quantitative estimate of drug-likeness (QED) is 0.684. The monoisotopic (exact) mass is 227 g/mol. The molecule has 1 heterocycles. The summed E-state index contributed by atoms with van der Waals surface area (Å²) in [4.78, 5) is 24.9. The number of hydrazine groups is 1. The molecule has 0 aliphatic carbocycles. The second-order valence-corrected chi connectivity index (χ2v) is 4.28. The van der Waals surface area contributed by atoms with Crippen LogP contribution in [0.4, 0.5) is 0 Å². The number of rotatable bonds is 4. The molecule has 0 unspecified atom stereocenters. The lowest BCUT2D eigenvalue weighted by molar-refractivity contribution is -0.131. The Hall–Kier alpha value is -1.10. The summed E-state index contributed by atoms with van der Waals surface area (Å²) < 4.78 is 0. The van der Waals surface area contributed by atoms with Gasteiger partial charge in [-0.15, -0.1) is 0 Å². The van der Waals surface area contributed by atoms with Crippen molar-refractivity contribution < 1.29 is 9.59 Å². The zero-order valence-corrected chi connectivity index (χ0v) is 10.1. The number of carbonyl (C=O) groups excluding carboxylic acids is 2. The molecule has 0 saturated carbocycles. The van der Waals surface area contributed by atoms with Crippen LogP contribution in [0.15, 0.2) is 0 Å². The number of hydrogen-bond acceptors (Lipinski definition) is 3. The van der Waals surface area contributed by atoms with Crippen LogP contribution in [0.3, 0.4) is 0 Å². The molecule has 1 saturated heterocycles. The van der Waals surface area contributed by atoms with Gasteiger partial charge in [0.15, 0.2) is 0 Å². The van der Waals surface area contributed by atoms with E-state index in [2.05, 4.69) is 10.9 Å². The topological polar surface area (TPSA) is 61.4 Å². The molecule has 16 heavy (non-hydrogen) atoms. The largest absolute Gasteiger partial charge is 0.295 e. The minimum atomic E-state index is -0.115. The number of carbonyl (C=O) groups is 2. The van der Waals surface area contributed by atoms with Crippen LogP contribution >= 0.6 is 0 Å². The van der Waals surface area contributed by atoms with E-state index in [1.165, 1.54) is 0 Å². The minimum Gasteiger partial charge on any atom is -0.295 e. The molecule has 1 aliphatic rings. The molecule has 0 aromatic carbocycles. The summed E-state index contributed by atoms with van der Waals surface area (Å²) >= 11 is 0. The van der Waals surface area contributed by atoms with Crippen molar-refractivity contribution in [2.24, 2.45) is 0 Å². The third kappa shape index (κ3) is 3.81. The summed E-state index contributed by atoms with van der Waals surface area (Å²) in [5.41, 5.74) is 4.93. The average Bonchev–Trinajstić information content (AvgIpc) is 2.69. The van der Waals surface area contributed by atoms with Crippen LogP contribution in [-0.4, -0.2) is 36.3 Å². The Morgan fingerprint density at radius 1 is 1.38 bits per heavy atom. The Morgan fingerprint density at radius 3 is 2.69 bits per heavy atom. The van der Waals surface area contributed by atoms with Gasteiger partial charge in [-0.3, -0.25) is 25.3 Å². The zero-order valence-electron chi connectivity index (χ0n) is 10.1. The van der Waals surface area contributed by atoms with Crippen molar-refractivity contribution in [2.45, 2.75) is 45.1 Å². The number of likely N-dealkylation sites (tertiary alicyclic amines) is 1. The molecule has 92 valence electrons. The van der Waals surface area contributed by atoms with E-state index in [9.17, 15) is 9.59 Å². The molecule has 0 aromatic heterocycles. The molecule has 5 nitrogen and oxygen atoms in total. The molecule has 1 rings (SSSR count). The van der Waals surface area contributed by atoms with Gasteiger partial charge in [0.2, 0.25) is 5.91 Å². The van der Waals surface area contributed by atoms with Gasteiger partial charge in [0, 0.05) is 6.42 Å². The lowest BCUT2D eigenvalue weighted by Gasteiger charge is -2.18. The van der Waals surface area contributed by atoms with Crippen molar-refractivity contribution in [1.82, 2.24) is 15.8 Å². The fraction of sp³-hybridized carbons (Fsp3) is 0.818. The third-order valence-electron chi connectivity index (χ3n) is 2.91. The smallest absolute Gasteiger partial charge is 0.255 e. The first-order valence-electron chi connectivity index (χ1n) is 5.94. The highest BCUT2D eigenvalue weighted by Crippen LogP contribution is 2.14. The predicted octanol–water partition coefficient (Wildman–Crippen LogP) is 0.418. The van der Waals surface area contributed by atoms with E-state index in [-0.39, 0.29) is 17.9 Å². The molecule has 1 atom stereocenters. The number of nitrogens with one attached hydrogen (secondary N) is 2. The van der Waals surface area contributed by atoms with Gasteiger partial charge in [-0.25, -0.2) is 0 Å². The number of nitrogens with zero attached hydrogens (tertiary/aromatic N) is 1. The van der Waals surface area contributed by atoms with Crippen LogP contribution < -0.4 is 10.9 Å². The lowest BCUT2D eigenvalue weighted by atomic mass is 10.2. The van der Waals surface area contributed by atoms with E-state index in [1.807, 2.05) is 18.9 Å². The summed E-state index contributed by atoms with van der Waals surface area (Å²) in [6.45, 7) is 2.97. The molecule has 0 spiro atoms. The Kier molecular flexibility index (Phi) is 5.25. The first kappa shape index (κ1) is 13.0. The molecule has 2 amide bonds. The Balaban J connectivity index is 2.21. The van der Waals surface area contributed by atoms with Crippen molar-refractivity contribution in [3.05, 3.63) is 0 Å². The van der Waals surface area contributed by atoms with Crippen molar-refractivity contribution in [1.29, 1.82) is 0 Å². The Labute approximate surface area is 96.5 Å². The summed E-state index contributed by atoms with van der Waals surface area (Å²) in [6.07, 6.45) is 4.21. The van der Waals surface area contributed by atoms with Gasteiger partial charge in [0.05, 0.1) is 6.04 Å². The highest BCUT2D eigenvalue weighted by Gasteiger charge is 2.27. The summed E-state index contributed by atoms with van der Waals surface area (Å²) in [5, 5.41) is 0. The third-order valence-corrected chi connectivity index (χ3v) is 2.91. The molecule has 0 bridgehead atoms. The van der Waals surface area contributed by atoms with Crippen LogP contribution in [0.25, 0.3) is 0 Å². The number of hydrogen-bond donors (Lipinski definition) is 2. The van der Waals surface area contributed by atoms with Crippen LogP contribution in [-0.2, 0) is 9.59 Å². The fourth-order valence-electron chi connectivity index (χ4n) is 1.86. The van der Waals surface area contributed by atoms with Crippen molar-refractivity contribution in [3.63, 3.8) is 0 Å². The first-order chi connectivity index (χ1) is 7.65. The van der Waals surface area contributed by atoms with Gasteiger partial charge in [-0.1, -0.05) is 13.3 Å². The maximum atomic E-state index is 11.7. The predicted molar refractivity (Wildman–Crippen MR) is 61.5 cm³/mol. The average molecular weight is 227 g/mol. The molecular formula is C11H21N3O2. The molecule has 2 N–H and O–H groups in total. The molecular weight excluding hydrogens is 206 g/mol. The van der Waals surface area contributed by atoms with Gasteiger partial charge in [0.25, 0.3) is 5.91 Å². The van der Waals surface area contributed by atoms with E-state index < -0.39 is 0 Å². The van der Waals surface area contributed by atoms with Crippen LogP contribution in [0.2, 0.25) is 0 Å². The van der Waals surface area contributed by atoms with Gasteiger partial charge >= 0.3 is 0 Å². The summed E-state index contributed by atoms with van der Waals surface area (Å²) in [5.74, 6) is -0.222. The van der Waals surface area contributed by atoms with E-state index in [1.54, 1.807) is 0 Å². The highest BCUT2D eigenvalue weighted by atomic mass is 16.2. The summed E-state index contributed by atoms with van der Waals surface area (Å²) in [6, 6.07) is -0.0912. The molecule has 1 aliphatic heterocycles. The number of unbranched alkanes of at least 4 members (excludes halogenated alkanes) is 1. The maximum absolute atomic E-state index is 11.7. The van der Waals surface area contributed by atoms with E-state index >= 15 is 0 Å². The second kappa shape index (κ2) is 6.48. The van der Waals surface area contributed by atoms with E-state index in [0.29, 0.717) is 6.42 Å². The number of likely N-dealkylation sites (N-methyl/N-ethyl adjacent to an activating group) is 1. The molecule has 5 heteroatoms. The maximum Gasteiger partial charge on any atom is 0.255 e. The normalized spacial score (nSPS) is 20.8. The minimum absolute atomic E-state index is 0.0912. The van der Waals surface area contributed by atoms with E-state index in [4.69, 9.17) is 0 Å². The van der Waals surface area contributed by atoms with Crippen molar-refractivity contribution in [2.75, 3.05) is 13.6 Å². The van der Waals surface area contributed by atoms with E-state index in [0.717, 1.165) is 32.2 Å². The SMILES string of the molecule is CCCCC(=O)NNC(=O)[C@@H]1CCCN1C. The first-order valence-corrected chi connectivity index (χ1v) is 5.94. The van der Waals surface area contributed by atoms with Gasteiger partial charge in [-0.2, -0.15) is 0 Å².